The summed E-state index contributed by atoms with van der Waals surface area (Å²) in [4.78, 5) is 33.6. The summed E-state index contributed by atoms with van der Waals surface area (Å²) >= 11 is 0. The summed E-state index contributed by atoms with van der Waals surface area (Å²) in [6.07, 6.45) is 5.04. The minimum atomic E-state index is -0.273. The van der Waals surface area contributed by atoms with Crippen molar-refractivity contribution >= 4 is 29.5 Å². The minimum absolute atomic E-state index is 0.135. The first-order chi connectivity index (χ1) is 14.6. The smallest absolute Gasteiger partial charge is 0.321 e. The molecule has 1 atom stereocenters. The Balaban J connectivity index is 1.32. The average molecular weight is 412 g/mol. The van der Waals surface area contributed by atoms with Crippen LogP contribution in [-0.4, -0.2) is 58.2 Å². The van der Waals surface area contributed by atoms with Gasteiger partial charge in [0.1, 0.15) is 0 Å². The van der Waals surface area contributed by atoms with Crippen LogP contribution in [0.3, 0.4) is 0 Å². The molecule has 9 nitrogen and oxygen atoms in total. The quantitative estimate of drug-likeness (QED) is 0.717. The van der Waals surface area contributed by atoms with E-state index in [-0.39, 0.29) is 17.9 Å². The van der Waals surface area contributed by atoms with Gasteiger partial charge in [0.15, 0.2) is 0 Å². The van der Waals surface area contributed by atoms with Gasteiger partial charge < -0.3 is 15.1 Å². The van der Waals surface area contributed by atoms with Gasteiger partial charge in [0.05, 0.1) is 5.92 Å². The topological polar surface area (TPSA) is 106 Å². The third kappa shape index (κ3) is 4.90. The number of nitrogens with zero attached hydrogens (tertiary/aromatic N) is 4. The minimum Gasteiger partial charge on any atom is -0.340 e. The van der Waals surface area contributed by atoms with Crippen LogP contribution in [0.1, 0.15) is 37.7 Å². The van der Waals surface area contributed by atoms with Crippen molar-refractivity contribution in [2.24, 2.45) is 5.92 Å². The number of aromatic nitrogens is 3. The molecule has 30 heavy (non-hydrogen) atoms. The number of aromatic amines is 1. The highest BCUT2D eigenvalue weighted by molar-refractivity contribution is 5.93. The highest BCUT2D eigenvalue weighted by Gasteiger charge is 2.29. The normalized spacial score (nSPS) is 19.4. The van der Waals surface area contributed by atoms with Crippen LogP contribution in [0.4, 0.5) is 22.4 Å². The van der Waals surface area contributed by atoms with E-state index in [1.54, 1.807) is 4.90 Å². The fraction of sp³-hybridized carbons (Fsp3) is 0.524. The molecular weight excluding hydrogens is 382 g/mol. The van der Waals surface area contributed by atoms with Crippen LogP contribution in [0.5, 0.6) is 0 Å². The Labute approximate surface area is 176 Å². The van der Waals surface area contributed by atoms with Crippen molar-refractivity contribution in [3.63, 3.8) is 0 Å². The van der Waals surface area contributed by atoms with Gasteiger partial charge in [-0.1, -0.05) is 12.1 Å². The number of anilines is 3. The molecule has 2 aromatic rings. The number of aryl methyl sites for hydroxylation is 1. The van der Waals surface area contributed by atoms with Crippen molar-refractivity contribution < 1.29 is 9.59 Å². The number of urea groups is 1. The lowest BCUT2D eigenvalue weighted by atomic mass is 9.97. The van der Waals surface area contributed by atoms with Gasteiger partial charge in [-0.15, -0.1) is 5.10 Å². The van der Waals surface area contributed by atoms with E-state index in [2.05, 4.69) is 30.7 Å². The molecule has 160 valence electrons. The van der Waals surface area contributed by atoms with Gasteiger partial charge in [0.25, 0.3) is 0 Å². The molecule has 1 unspecified atom stereocenters. The van der Waals surface area contributed by atoms with E-state index >= 15 is 0 Å². The van der Waals surface area contributed by atoms with Gasteiger partial charge in [0.2, 0.25) is 17.8 Å². The number of hydrogen-bond donors (Lipinski definition) is 3. The zero-order chi connectivity index (χ0) is 20.9. The predicted octanol–water partition coefficient (Wildman–Crippen LogP) is 2.99. The lowest BCUT2D eigenvalue weighted by Crippen LogP contribution is -2.45. The summed E-state index contributed by atoms with van der Waals surface area (Å²) in [5, 5.41) is 12.8. The molecule has 3 amide bonds. The number of hydrogen-bond acceptors (Lipinski definition) is 5. The zero-order valence-electron chi connectivity index (χ0n) is 17.4. The first-order valence-corrected chi connectivity index (χ1v) is 10.7. The standard InChI is InChI=1S/C21H29N7O2/c1-15-7-5-9-17(13-15)22-21(30)28-12-6-8-16(14-28)18(29)23-19-24-20(26-25-19)27-10-3-2-4-11-27/h5,7,9,13,16H,2-4,6,8,10-12,14H2,1H3,(H,22,30)(H2,23,24,25,26,29). The third-order valence-electron chi connectivity index (χ3n) is 5.70. The molecule has 0 spiro atoms. The average Bonchev–Trinajstić information content (AvgIpc) is 3.23. The maximum Gasteiger partial charge on any atom is 0.321 e. The number of carbonyl (C=O) groups excluding carboxylic acids is 2. The van der Waals surface area contributed by atoms with Crippen molar-refractivity contribution in [1.82, 2.24) is 20.1 Å². The van der Waals surface area contributed by atoms with E-state index in [1.807, 2.05) is 31.2 Å². The van der Waals surface area contributed by atoms with Crippen LogP contribution >= 0.6 is 0 Å². The number of nitrogens with one attached hydrogen (secondary N) is 3. The van der Waals surface area contributed by atoms with Crippen LogP contribution in [0.2, 0.25) is 0 Å². The number of benzene rings is 1. The van der Waals surface area contributed by atoms with Gasteiger partial charge in [0, 0.05) is 31.9 Å². The van der Waals surface area contributed by atoms with Crippen LogP contribution in [0.25, 0.3) is 0 Å². The SMILES string of the molecule is Cc1cccc(NC(=O)N2CCCC(C(=O)Nc3nc(N4CCCCC4)n[nH]3)C2)c1. The van der Waals surface area contributed by atoms with Gasteiger partial charge in [-0.2, -0.15) is 4.98 Å². The molecule has 1 aromatic carbocycles. The van der Waals surface area contributed by atoms with Crippen molar-refractivity contribution in [2.45, 2.75) is 39.0 Å². The number of rotatable bonds is 4. The molecule has 0 aliphatic carbocycles. The fourth-order valence-electron chi connectivity index (χ4n) is 4.06. The van der Waals surface area contributed by atoms with Crippen molar-refractivity contribution in [1.29, 1.82) is 0 Å². The maximum absolute atomic E-state index is 12.8. The largest absolute Gasteiger partial charge is 0.340 e. The van der Waals surface area contributed by atoms with E-state index in [0.717, 1.165) is 50.0 Å². The Hall–Kier alpha value is -3.10. The Kier molecular flexibility index (Phi) is 6.15. The maximum atomic E-state index is 12.8. The van der Waals surface area contributed by atoms with Gasteiger partial charge in [-0.05, 0) is 56.7 Å². The molecule has 3 heterocycles. The van der Waals surface area contributed by atoms with Gasteiger partial charge >= 0.3 is 6.03 Å². The van der Waals surface area contributed by atoms with E-state index in [1.165, 1.54) is 6.42 Å². The van der Waals surface area contributed by atoms with Gasteiger partial charge in [-0.25, -0.2) is 9.89 Å². The Bertz CT molecular complexity index is 891. The first kappa shape index (κ1) is 20.2. The molecule has 0 bridgehead atoms. The molecule has 2 fully saturated rings. The summed E-state index contributed by atoms with van der Waals surface area (Å²) in [6, 6.07) is 7.51. The van der Waals surface area contributed by atoms with Crippen molar-refractivity contribution in [3.05, 3.63) is 29.8 Å². The molecule has 0 saturated carbocycles. The molecule has 9 heteroatoms. The highest BCUT2D eigenvalue weighted by atomic mass is 16.2. The second-order valence-corrected chi connectivity index (χ2v) is 8.11. The van der Waals surface area contributed by atoms with Crippen LogP contribution < -0.4 is 15.5 Å². The Morgan fingerprint density at radius 1 is 1.10 bits per heavy atom. The van der Waals surface area contributed by atoms with E-state index in [4.69, 9.17) is 0 Å². The summed E-state index contributed by atoms with van der Waals surface area (Å²) < 4.78 is 0. The molecule has 2 aliphatic heterocycles. The van der Waals surface area contributed by atoms with Crippen molar-refractivity contribution in [3.8, 4) is 0 Å². The molecular formula is C21H29N7O2. The number of piperidine rings is 2. The van der Waals surface area contributed by atoms with Crippen LogP contribution in [-0.2, 0) is 4.79 Å². The predicted molar refractivity (Wildman–Crippen MR) is 116 cm³/mol. The molecule has 0 radical (unpaired) electrons. The fourth-order valence-corrected chi connectivity index (χ4v) is 4.06. The molecule has 4 rings (SSSR count). The monoisotopic (exact) mass is 411 g/mol. The lowest BCUT2D eigenvalue weighted by Gasteiger charge is -2.31. The molecule has 2 saturated heterocycles. The van der Waals surface area contributed by atoms with Crippen molar-refractivity contribution in [2.75, 3.05) is 41.7 Å². The summed E-state index contributed by atoms with van der Waals surface area (Å²) in [5.74, 6) is 0.588. The third-order valence-corrected chi connectivity index (χ3v) is 5.70. The molecule has 1 aromatic heterocycles. The molecule has 2 aliphatic rings. The summed E-state index contributed by atoms with van der Waals surface area (Å²) in [5.41, 5.74) is 1.85. The first-order valence-electron chi connectivity index (χ1n) is 10.7. The second kappa shape index (κ2) is 9.15. The van der Waals surface area contributed by atoms with Gasteiger partial charge in [-0.3, -0.25) is 10.1 Å². The van der Waals surface area contributed by atoms with Crippen LogP contribution in [0, 0.1) is 12.8 Å². The summed E-state index contributed by atoms with van der Waals surface area (Å²) in [7, 11) is 0. The summed E-state index contributed by atoms with van der Waals surface area (Å²) in [6.45, 7) is 4.90. The number of H-pyrrole nitrogens is 1. The Morgan fingerprint density at radius 2 is 1.93 bits per heavy atom. The van der Waals surface area contributed by atoms with E-state index in [9.17, 15) is 9.59 Å². The number of amides is 3. The number of carbonyl (C=O) groups is 2. The second-order valence-electron chi connectivity index (χ2n) is 8.11. The lowest BCUT2D eigenvalue weighted by molar-refractivity contribution is -0.121. The highest BCUT2D eigenvalue weighted by Crippen LogP contribution is 2.21. The van der Waals surface area contributed by atoms with E-state index in [0.29, 0.717) is 25.0 Å². The van der Waals surface area contributed by atoms with E-state index < -0.39 is 0 Å². The number of likely N-dealkylation sites (tertiary alicyclic amines) is 1. The van der Waals surface area contributed by atoms with Crippen LogP contribution in [0.15, 0.2) is 24.3 Å². The Morgan fingerprint density at radius 3 is 2.73 bits per heavy atom. The zero-order valence-corrected chi connectivity index (χ0v) is 17.4. The molecule has 3 N–H and O–H groups in total.